The lowest BCUT2D eigenvalue weighted by Crippen LogP contribution is -2.51. The van der Waals surface area contributed by atoms with Crippen LogP contribution in [0.1, 0.15) is 24.8 Å². The van der Waals surface area contributed by atoms with Crippen LogP contribution in [0.5, 0.6) is 0 Å². The molecule has 1 aliphatic rings. The number of hydrogen-bond donors (Lipinski definition) is 0. The standard InChI is InChI=1S/C20H15BrClF7N2O3/c1-17(22)5-4-9(6-10(17)16(32)33-3)13-8-12(30-34-13)15-11(21)7-14(31(15)2)18(23,19(24,25)26)20(27,28)29/h4,6-8H,5H2,1-3H3. The van der Waals surface area contributed by atoms with Gasteiger partial charge < -0.3 is 13.8 Å². The first kappa shape index (κ1) is 26.3. The molecule has 0 aromatic carbocycles. The molecule has 1 unspecified atom stereocenters. The molecule has 0 bridgehead atoms. The minimum Gasteiger partial charge on any atom is -0.466 e. The summed E-state index contributed by atoms with van der Waals surface area (Å²) in [6.07, 6.45) is -9.40. The van der Waals surface area contributed by atoms with E-state index in [1.165, 1.54) is 12.1 Å². The summed E-state index contributed by atoms with van der Waals surface area (Å²) in [7, 11) is 2.00. The number of halogens is 9. The fourth-order valence-corrected chi connectivity index (χ4v) is 4.39. The molecule has 0 saturated heterocycles. The molecular weight excluding hydrogens is 565 g/mol. The van der Waals surface area contributed by atoms with Gasteiger partial charge in [-0.25, -0.2) is 9.18 Å². The van der Waals surface area contributed by atoms with E-state index in [1.54, 1.807) is 13.0 Å². The van der Waals surface area contributed by atoms with Crippen LogP contribution in [0.25, 0.3) is 17.0 Å². The highest BCUT2D eigenvalue weighted by atomic mass is 79.9. The summed E-state index contributed by atoms with van der Waals surface area (Å²) in [5, 5.41) is 3.70. The Hall–Kier alpha value is -2.28. The molecular formula is C20H15BrClF7N2O3. The zero-order valence-electron chi connectivity index (χ0n) is 17.5. The number of aromatic nitrogens is 2. The molecule has 0 aliphatic heterocycles. The van der Waals surface area contributed by atoms with Gasteiger partial charge >= 0.3 is 24.0 Å². The third-order valence-electron chi connectivity index (χ3n) is 5.33. The number of esters is 1. The van der Waals surface area contributed by atoms with E-state index < -0.39 is 34.6 Å². The second kappa shape index (κ2) is 8.43. The minimum atomic E-state index is -6.28. The summed E-state index contributed by atoms with van der Waals surface area (Å²) in [5.74, 6) is -0.660. The van der Waals surface area contributed by atoms with Crippen LogP contribution in [0.2, 0.25) is 0 Å². The fraction of sp³-hybridized carbons (Fsp3) is 0.400. The van der Waals surface area contributed by atoms with E-state index in [0.29, 0.717) is 16.2 Å². The van der Waals surface area contributed by atoms with Crippen molar-refractivity contribution in [2.45, 2.75) is 36.2 Å². The molecule has 0 N–H and O–H groups in total. The van der Waals surface area contributed by atoms with Gasteiger partial charge in [0.15, 0.2) is 5.76 Å². The number of carbonyl (C=O) groups excluding carboxylic acids is 1. The minimum absolute atomic E-state index is 0.0383. The van der Waals surface area contributed by atoms with Crippen molar-refractivity contribution in [2.75, 3.05) is 7.11 Å². The summed E-state index contributed by atoms with van der Waals surface area (Å²) in [5.41, 5.74) is -7.37. The normalized spacial score (nSPS) is 19.6. The van der Waals surface area contributed by atoms with Gasteiger partial charge in [-0.05, 0) is 41.4 Å². The van der Waals surface area contributed by atoms with E-state index in [4.69, 9.17) is 20.9 Å². The van der Waals surface area contributed by atoms with Crippen LogP contribution in [0, 0.1) is 0 Å². The van der Waals surface area contributed by atoms with Crippen LogP contribution in [0.4, 0.5) is 30.7 Å². The molecule has 0 radical (unpaired) electrons. The van der Waals surface area contributed by atoms with Gasteiger partial charge in [-0.3, -0.25) is 0 Å². The van der Waals surface area contributed by atoms with E-state index in [0.717, 1.165) is 14.2 Å². The Balaban J connectivity index is 2.09. The molecule has 1 aliphatic carbocycles. The summed E-state index contributed by atoms with van der Waals surface area (Å²) >= 11 is 9.22. The van der Waals surface area contributed by atoms with E-state index in [9.17, 15) is 35.5 Å². The van der Waals surface area contributed by atoms with Crippen LogP contribution in [-0.4, -0.2) is 40.0 Å². The lowest BCUT2D eigenvalue weighted by atomic mass is 9.88. The summed E-state index contributed by atoms with van der Waals surface area (Å²) < 4.78 is 104. The quantitative estimate of drug-likeness (QED) is 0.232. The Morgan fingerprint density at radius 2 is 1.79 bits per heavy atom. The summed E-state index contributed by atoms with van der Waals surface area (Å²) in [4.78, 5) is 11.0. The van der Waals surface area contributed by atoms with Crippen molar-refractivity contribution in [2.24, 2.45) is 7.05 Å². The molecule has 2 heterocycles. The van der Waals surface area contributed by atoms with E-state index >= 15 is 0 Å². The largest absolute Gasteiger partial charge is 0.466 e. The second-order valence-electron chi connectivity index (χ2n) is 7.63. The molecule has 14 heteroatoms. The number of alkyl halides is 8. The van der Waals surface area contributed by atoms with Crippen molar-refractivity contribution < 1.29 is 44.8 Å². The van der Waals surface area contributed by atoms with Crippen LogP contribution in [-0.2, 0) is 22.2 Å². The van der Waals surface area contributed by atoms with E-state index in [-0.39, 0.29) is 33.6 Å². The predicted octanol–water partition coefficient (Wildman–Crippen LogP) is 6.62. The molecule has 0 spiro atoms. The zero-order chi connectivity index (χ0) is 25.9. The molecule has 2 aromatic heterocycles. The van der Waals surface area contributed by atoms with Gasteiger partial charge in [-0.15, -0.1) is 11.6 Å². The molecule has 0 amide bonds. The van der Waals surface area contributed by atoms with Crippen molar-refractivity contribution in [1.29, 1.82) is 0 Å². The first-order valence-corrected chi connectivity index (χ1v) is 10.5. The smallest absolute Gasteiger partial charge is 0.437 e. The molecule has 34 heavy (non-hydrogen) atoms. The van der Waals surface area contributed by atoms with Gasteiger partial charge in [-0.1, -0.05) is 11.2 Å². The number of allylic oxidation sites excluding steroid dienone is 3. The van der Waals surface area contributed by atoms with Crippen LogP contribution in [0.3, 0.4) is 0 Å². The first-order chi connectivity index (χ1) is 15.5. The maximum atomic E-state index is 14.6. The van der Waals surface area contributed by atoms with Gasteiger partial charge in [0.2, 0.25) is 0 Å². The van der Waals surface area contributed by atoms with Crippen LogP contribution in [0.15, 0.2) is 38.9 Å². The maximum Gasteiger partial charge on any atom is 0.437 e. The maximum absolute atomic E-state index is 14.6. The van der Waals surface area contributed by atoms with Crippen molar-refractivity contribution in [3.8, 4) is 11.4 Å². The van der Waals surface area contributed by atoms with Crippen molar-refractivity contribution in [3.63, 3.8) is 0 Å². The molecule has 1 atom stereocenters. The highest BCUT2D eigenvalue weighted by Crippen LogP contribution is 2.54. The molecule has 3 rings (SSSR count). The number of rotatable bonds is 4. The summed E-state index contributed by atoms with van der Waals surface area (Å²) in [6, 6.07) is 1.61. The van der Waals surface area contributed by atoms with Crippen LogP contribution >= 0.6 is 27.5 Å². The second-order valence-corrected chi connectivity index (χ2v) is 9.31. The first-order valence-electron chi connectivity index (χ1n) is 9.30. The monoisotopic (exact) mass is 578 g/mol. The summed E-state index contributed by atoms with van der Waals surface area (Å²) in [6.45, 7) is 1.59. The third kappa shape index (κ3) is 4.16. The average molecular weight is 580 g/mol. The Morgan fingerprint density at radius 3 is 2.32 bits per heavy atom. The fourth-order valence-electron chi connectivity index (χ4n) is 3.49. The third-order valence-corrected chi connectivity index (χ3v) is 6.29. The molecule has 2 aromatic rings. The molecule has 186 valence electrons. The topological polar surface area (TPSA) is 57.3 Å². The van der Waals surface area contributed by atoms with E-state index in [1.807, 2.05) is 0 Å². The SMILES string of the molecule is COC(=O)C1=CC(c2cc(-c3c(Br)cc(C(F)(C(F)(F)F)C(F)(F)F)n3C)no2)=CCC1(C)Cl. The zero-order valence-corrected chi connectivity index (χ0v) is 19.9. The molecule has 0 saturated carbocycles. The lowest BCUT2D eigenvalue weighted by Gasteiger charge is -2.30. The Kier molecular flexibility index (Phi) is 6.53. The number of methoxy groups -OCH3 is 1. The highest BCUT2D eigenvalue weighted by molar-refractivity contribution is 9.10. The Morgan fingerprint density at radius 1 is 1.21 bits per heavy atom. The van der Waals surface area contributed by atoms with Gasteiger partial charge in [0.05, 0.1) is 28.9 Å². The van der Waals surface area contributed by atoms with Crippen molar-refractivity contribution >= 4 is 39.1 Å². The van der Waals surface area contributed by atoms with Crippen molar-refractivity contribution in [1.82, 2.24) is 9.72 Å². The average Bonchev–Trinajstić information content (AvgIpc) is 3.29. The number of ether oxygens (including phenoxy) is 1. The number of nitrogens with zero attached hydrogens (tertiary/aromatic N) is 2. The number of hydrogen-bond acceptors (Lipinski definition) is 4. The molecule has 5 nitrogen and oxygen atoms in total. The van der Waals surface area contributed by atoms with Crippen molar-refractivity contribution in [3.05, 3.63) is 45.8 Å². The van der Waals surface area contributed by atoms with Gasteiger partial charge in [0.25, 0.3) is 0 Å². The Bertz CT molecular complexity index is 1180. The Labute approximate surface area is 201 Å². The van der Waals surface area contributed by atoms with Crippen LogP contribution < -0.4 is 0 Å². The van der Waals surface area contributed by atoms with Gasteiger partial charge in [-0.2, -0.15) is 26.3 Å². The van der Waals surface area contributed by atoms with E-state index in [2.05, 4.69) is 21.1 Å². The van der Waals surface area contributed by atoms with Gasteiger partial charge in [0, 0.05) is 23.2 Å². The number of carbonyl (C=O) groups is 1. The lowest BCUT2D eigenvalue weighted by molar-refractivity contribution is -0.350. The molecule has 0 fully saturated rings. The highest BCUT2D eigenvalue weighted by Gasteiger charge is 2.74. The predicted molar refractivity (Wildman–Crippen MR) is 110 cm³/mol. The van der Waals surface area contributed by atoms with Gasteiger partial charge in [0.1, 0.15) is 5.69 Å².